The fourth-order valence-corrected chi connectivity index (χ4v) is 4.20. The first-order valence-corrected chi connectivity index (χ1v) is 13.1. The molecule has 1 fully saturated rings. The van der Waals surface area contributed by atoms with E-state index in [0.717, 1.165) is 0 Å². The van der Waals surface area contributed by atoms with Crippen LogP contribution in [0.3, 0.4) is 0 Å². The number of carboxylic acids is 1. The maximum absolute atomic E-state index is 13.0. The first-order valence-electron chi connectivity index (χ1n) is 12.3. The Balaban J connectivity index is 1.81. The maximum Gasteiger partial charge on any atom is 0.410 e. The highest BCUT2D eigenvalue weighted by atomic mass is 35.5. The van der Waals surface area contributed by atoms with Gasteiger partial charge in [-0.1, -0.05) is 23.2 Å². The SMILES string of the molecule is Cc1[nH]c(C(=O)Nc2ccc(C(=O)N[C@@H](C)C(=O)O)cc2OC2CCN(C(=O)OC(C)(C)C)CC2)c(Cl)c1Cl. The number of anilines is 1. The zero-order valence-corrected chi connectivity index (χ0v) is 23.8. The summed E-state index contributed by atoms with van der Waals surface area (Å²) in [6, 6.07) is 3.23. The van der Waals surface area contributed by atoms with Crippen LogP contribution in [0.4, 0.5) is 10.5 Å². The molecule has 11 nitrogen and oxygen atoms in total. The van der Waals surface area contributed by atoms with E-state index in [2.05, 4.69) is 15.6 Å². The quantitative estimate of drug-likeness (QED) is 0.364. The summed E-state index contributed by atoms with van der Waals surface area (Å²) in [5, 5.41) is 14.5. The molecule has 1 saturated heterocycles. The van der Waals surface area contributed by atoms with Gasteiger partial charge in [-0.3, -0.25) is 14.4 Å². The molecule has 1 atom stereocenters. The summed E-state index contributed by atoms with van der Waals surface area (Å²) in [6.07, 6.45) is 0.227. The van der Waals surface area contributed by atoms with E-state index in [9.17, 15) is 19.2 Å². The Morgan fingerprint density at radius 3 is 2.28 bits per heavy atom. The van der Waals surface area contributed by atoms with Crippen molar-refractivity contribution in [2.24, 2.45) is 0 Å². The van der Waals surface area contributed by atoms with Gasteiger partial charge < -0.3 is 35.1 Å². The van der Waals surface area contributed by atoms with E-state index in [0.29, 0.717) is 31.6 Å². The topological polar surface area (TPSA) is 150 Å². The lowest BCUT2D eigenvalue weighted by Crippen LogP contribution is -2.44. The van der Waals surface area contributed by atoms with Crippen molar-refractivity contribution in [1.82, 2.24) is 15.2 Å². The average Bonchev–Trinajstić information content (AvgIpc) is 3.11. The lowest BCUT2D eigenvalue weighted by atomic mass is 10.1. The largest absolute Gasteiger partial charge is 0.488 e. The van der Waals surface area contributed by atoms with E-state index in [4.69, 9.17) is 37.8 Å². The molecule has 39 heavy (non-hydrogen) atoms. The number of carboxylic acid groups (broad SMARTS) is 1. The van der Waals surface area contributed by atoms with Crippen molar-refractivity contribution in [2.45, 2.75) is 65.2 Å². The smallest absolute Gasteiger partial charge is 0.410 e. The number of ether oxygens (including phenoxy) is 2. The molecule has 0 saturated carbocycles. The van der Waals surface area contributed by atoms with E-state index in [1.54, 1.807) is 32.6 Å². The summed E-state index contributed by atoms with van der Waals surface area (Å²) >= 11 is 12.3. The number of nitrogens with one attached hydrogen (secondary N) is 3. The predicted octanol–water partition coefficient (Wildman–Crippen LogP) is 4.86. The summed E-state index contributed by atoms with van der Waals surface area (Å²) in [4.78, 5) is 53.6. The highest BCUT2D eigenvalue weighted by Crippen LogP contribution is 2.33. The van der Waals surface area contributed by atoms with Crippen LogP contribution in [0.1, 0.15) is 67.1 Å². The number of piperidine rings is 1. The van der Waals surface area contributed by atoms with Crippen molar-refractivity contribution in [2.75, 3.05) is 18.4 Å². The third-order valence-electron chi connectivity index (χ3n) is 5.88. The molecule has 0 radical (unpaired) electrons. The van der Waals surface area contributed by atoms with Crippen molar-refractivity contribution in [1.29, 1.82) is 0 Å². The Morgan fingerprint density at radius 2 is 1.74 bits per heavy atom. The van der Waals surface area contributed by atoms with E-state index in [1.165, 1.54) is 25.1 Å². The molecule has 1 aliphatic heterocycles. The number of benzene rings is 1. The third-order valence-corrected chi connectivity index (χ3v) is 6.83. The number of carbonyl (C=O) groups is 4. The van der Waals surface area contributed by atoms with Crippen LogP contribution >= 0.6 is 23.2 Å². The predicted molar refractivity (Wildman–Crippen MR) is 146 cm³/mol. The lowest BCUT2D eigenvalue weighted by molar-refractivity contribution is -0.138. The van der Waals surface area contributed by atoms with Gasteiger partial charge in [-0.2, -0.15) is 0 Å². The number of H-pyrrole nitrogens is 1. The molecule has 2 aromatic rings. The molecule has 0 aliphatic carbocycles. The molecule has 4 N–H and O–H groups in total. The van der Waals surface area contributed by atoms with Gasteiger partial charge in [0.15, 0.2) is 0 Å². The molecule has 1 aromatic carbocycles. The van der Waals surface area contributed by atoms with Gasteiger partial charge in [0.1, 0.15) is 29.2 Å². The number of hydrogen-bond acceptors (Lipinski definition) is 6. The molecular formula is C26H32Cl2N4O7. The Labute approximate surface area is 236 Å². The monoisotopic (exact) mass is 582 g/mol. The molecule has 0 bridgehead atoms. The fourth-order valence-electron chi connectivity index (χ4n) is 3.78. The molecule has 3 amide bonds. The number of aryl methyl sites for hydroxylation is 1. The first-order chi connectivity index (χ1) is 18.2. The van der Waals surface area contributed by atoms with Crippen LogP contribution in [0.2, 0.25) is 10.0 Å². The van der Waals surface area contributed by atoms with Crippen molar-refractivity contribution in [3.05, 3.63) is 45.2 Å². The van der Waals surface area contributed by atoms with E-state index in [-0.39, 0.29) is 38.8 Å². The van der Waals surface area contributed by atoms with Crippen LogP contribution in [0.15, 0.2) is 18.2 Å². The number of likely N-dealkylation sites (tertiary alicyclic amines) is 1. The van der Waals surface area contributed by atoms with Crippen LogP contribution in [0, 0.1) is 6.92 Å². The molecule has 0 unspecified atom stereocenters. The molecule has 2 heterocycles. The standard InChI is InChI=1S/C26H32Cl2N4O7/c1-13-19(27)20(28)21(29-13)23(34)31-17-7-6-15(22(33)30-14(2)24(35)36)12-18(17)38-16-8-10-32(11-9-16)25(37)39-26(3,4)5/h6-7,12,14,16,29H,8-11H2,1-5H3,(H,30,33)(H,31,34)(H,35,36)/t14-/m0/s1. The van der Waals surface area contributed by atoms with Crippen LogP contribution in [0.5, 0.6) is 5.75 Å². The van der Waals surface area contributed by atoms with Gasteiger partial charge in [-0.25, -0.2) is 4.79 Å². The Bertz CT molecular complexity index is 1260. The Kier molecular flexibility index (Phi) is 9.39. The Morgan fingerprint density at radius 1 is 1.10 bits per heavy atom. The van der Waals surface area contributed by atoms with E-state index in [1.807, 2.05) is 0 Å². The number of carbonyl (C=O) groups excluding carboxylic acids is 3. The number of aromatic amines is 1. The highest BCUT2D eigenvalue weighted by Gasteiger charge is 2.29. The van der Waals surface area contributed by atoms with Crippen LogP contribution in [-0.2, 0) is 9.53 Å². The highest BCUT2D eigenvalue weighted by molar-refractivity contribution is 6.44. The van der Waals surface area contributed by atoms with Gasteiger partial charge in [0.25, 0.3) is 11.8 Å². The third kappa shape index (κ3) is 7.79. The van der Waals surface area contributed by atoms with Gasteiger partial charge in [-0.05, 0) is 52.8 Å². The van der Waals surface area contributed by atoms with Crippen LogP contribution in [0.25, 0.3) is 0 Å². The number of amides is 3. The molecule has 1 aliphatic rings. The summed E-state index contributed by atoms with van der Waals surface area (Å²) in [7, 11) is 0. The molecule has 3 rings (SSSR count). The minimum atomic E-state index is -1.18. The number of hydrogen-bond donors (Lipinski definition) is 4. The maximum atomic E-state index is 13.0. The summed E-state index contributed by atoms with van der Waals surface area (Å²) < 4.78 is 11.6. The zero-order chi connectivity index (χ0) is 29.1. The summed E-state index contributed by atoms with van der Waals surface area (Å²) in [5.74, 6) is -2.18. The van der Waals surface area contributed by atoms with Crippen molar-refractivity contribution in [3.63, 3.8) is 0 Å². The second-order valence-corrected chi connectivity index (χ2v) is 11.0. The van der Waals surface area contributed by atoms with Gasteiger partial charge >= 0.3 is 12.1 Å². The summed E-state index contributed by atoms with van der Waals surface area (Å²) in [6.45, 7) is 9.21. The average molecular weight is 583 g/mol. The molecule has 1 aromatic heterocycles. The fraction of sp³-hybridized carbons (Fsp3) is 0.462. The van der Waals surface area contributed by atoms with E-state index >= 15 is 0 Å². The number of nitrogens with zero attached hydrogens (tertiary/aromatic N) is 1. The second kappa shape index (κ2) is 12.2. The van der Waals surface area contributed by atoms with Crippen LogP contribution in [-0.4, -0.2) is 69.7 Å². The van der Waals surface area contributed by atoms with Crippen molar-refractivity contribution < 1.29 is 33.8 Å². The zero-order valence-electron chi connectivity index (χ0n) is 22.3. The summed E-state index contributed by atoms with van der Waals surface area (Å²) in [5.41, 5.74) is 0.380. The number of halogens is 2. The van der Waals surface area contributed by atoms with Crippen LogP contribution < -0.4 is 15.4 Å². The first kappa shape index (κ1) is 30.1. The minimum absolute atomic E-state index is 0.0629. The van der Waals surface area contributed by atoms with Gasteiger partial charge in [0, 0.05) is 37.2 Å². The number of aromatic nitrogens is 1. The van der Waals surface area contributed by atoms with Gasteiger partial charge in [0.2, 0.25) is 0 Å². The molecule has 0 spiro atoms. The minimum Gasteiger partial charge on any atom is -0.488 e. The van der Waals surface area contributed by atoms with Crippen molar-refractivity contribution in [3.8, 4) is 5.75 Å². The normalized spacial score (nSPS) is 14.9. The molecular weight excluding hydrogens is 551 g/mol. The Hall–Kier alpha value is -3.44. The van der Waals surface area contributed by atoms with E-state index < -0.39 is 35.5 Å². The number of rotatable bonds is 7. The van der Waals surface area contributed by atoms with Gasteiger partial charge in [-0.15, -0.1) is 0 Å². The van der Waals surface area contributed by atoms with Crippen molar-refractivity contribution >= 4 is 52.8 Å². The lowest BCUT2D eigenvalue weighted by Gasteiger charge is -2.33. The number of aliphatic carboxylic acids is 1. The second-order valence-electron chi connectivity index (χ2n) is 10.2. The van der Waals surface area contributed by atoms with Gasteiger partial charge in [0.05, 0.1) is 15.7 Å². The molecule has 13 heteroatoms. The molecule has 212 valence electrons.